The van der Waals surface area contributed by atoms with Crippen LogP contribution in [-0.2, 0) is 14.3 Å². The second-order valence-electron chi connectivity index (χ2n) is 4.41. The Morgan fingerprint density at radius 1 is 1.21 bits per heavy atom. The molecule has 4 nitrogen and oxygen atoms in total. The molecule has 1 N–H and O–H groups in total. The molecule has 1 aromatic carbocycles. The SMILES string of the molecule is COC(=O)C1=C(C)NC(=O)/C1=C\c1ccc(C)cc1. The zero-order valence-electron chi connectivity index (χ0n) is 11.1. The van der Waals surface area contributed by atoms with Crippen LogP contribution in [0.4, 0.5) is 0 Å². The number of nitrogens with one attached hydrogen (secondary N) is 1. The quantitative estimate of drug-likeness (QED) is 0.651. The minimum absolute atomic E-state index is 0.279. The third kappa shape index (κ3) is 2.57. The van der Waals surface area contributed by atoms with Crippen LogP contribution in [0.2, 0.25) is 0 Å². The molecule has 0 radical (unpaired) electrons. The summed E-state index contributed by atoms with van der Waals surface area (Å²) in [6.45, 7) is 3.67. The van der Waals surface area contributed by atoms with Gasteiger partial charge in [-0.05, 0) is 25.5 Å². The number of benzene rings is 1. The van der Waals surface area contributed by atoms with Gasteiger partial charge in [-0.2, -0.15) is 0 Å². The molecule has 0 atom stereocenters. The largest absolute Gasteiger partial charge is 0.465 e. The maximum absolute atomic E-state index is 11.9. The lowest BCUT2D eigenvalue weighted by molar-refractivity contribution is -0.136. The molecule has 19 heavy (non-hydrogen) atoms. The highest BCUT2D eigenvalue weighted by molar-refractivity contribution is 6.16. The molecule has 1 amide bonds. The number of esters is 1. The second-order valence-corrected chi connectivity index (χ2v) is 4.41. The molecule has 0 aliphatic carbocycles. The highest BCUT2D eigenvalue weighted by Crippen LogP contribution is 2.24. The molecule has 1 aliphatic rings. The van der Waals surface area contributed by atoms with E-state index < -0.39 is 5.97 Å². The number of hydrogen-bond acceptors (Lipinski definition) is 3. The van der Waals surface area contributed by atoms with E-state index in [2.05, 4.69) is 5.32 Å². The number of aryl methyl sites for hydroxylation is 1. The van der Waals surface area contributed by atoms with Gasteiger partial charge in [-0.1, -0.05) is 29.8 Å². The third-order valence-electron chi connectivity index (χ3n) is 2.97. The van der Waals surface area contributed by atoms with Crippen LogP contribution in [0.3, 0.4) is 0 Å². The first-order valence-electron chi connectivity index (χ1n) is 5.92. The lowest BCUT2D eigenvalue weighted by Crippen LogP contribution is -2.15. The minimum Gasteiger partial charge on any atom is -0.465 e. The maximum atomic E-state index is 11.9. The van der Waals surface area contributed by atoms with Crippen LogP contribution >= 0.6 is 0 Å². The van der Waals surface area contributed by atoms with Crippen LogP contribution in [0.25, 0.3) is 6.08 Å². The van der Waals surface area contributed by atoms with E-state index in [0.717, 1.165) is 11.1 Å². The molecule has 0 fully saturated rings. The highest BCUT2D eigenvalue weighted by Gasteiger charge is 2.30. The van der Waals surface area contributed by atoms with Crippen LogP contribution in [0, 0.1) is 6.92 Å². The predicted molar refractivity (Wildman–Crippen MR) is 72.0 cm³/mol. The Morgan fingerprint density at radius 3 is 2.42 bits per heavy atom. The first-order valence-corrected chi connectivity index (χ1v) is 5.92. The molecule has 0 bridgehead atoms. The summed E-state index contributed by atoms with van der Waals surface area (Å²) in [4.78, 5) is 23.6. The summed E-state index contributed by atoms with van der Waals surface area (Å²) in [5.41, 5.74) is 3.17. The topological polar surface area (TPSA) is 55.4 Å². The molecule has 4 heteroatoms. The Kier molecular flexibility index (Phi) is 3.51. The van der Waals surface area contributed by atoms with Crippen molar-refractivity contribution in [2.75, 3.05) is 7.11 Å². The third-order valence-corrected chi connectivity index (χ3v) is 2.97. The molecule has 1 aliphatic heterocycles. The van der Waals surface area contributed by atoms with Crippen molar-refractivity contribution in [3.63, 3.8) is 0 Å². The van der Waals surface area contributed by atoms with Gasteiger partial charge in [0.05, 0.1) is 18.3 Å². The van der Waals surface area contributed by atoms with Crippen molar-refractivity contribution >= 4 is 18.0 Å². The zero-order valence-corrected chi connectivity index (χ0v) is 11.1. The van der Waals surface area contributed by atoms with E-state index in [4.69, 9.17) is 4.74 Å². The van der Waals surface area contributed by atoms with Crippen molar-refractivity contribution in [2.24, 2.45) is 0 Å². The Hall–Kier alpha value is -2.36. The second kappa shape index (κ2) is 5.10. The van der Waals surface area contributed by atoms with Crippen molar-refractivity contribution in [2.45, 2.75) is 13.8 Å². The van der Waals surface area contributed by atoms with E-state index in [1.165, 1.54) is 7.11 Å². The molecule has 1 heterocycles. The number of carbonyl (C=O) groups is 2. The van der Waals surface area contributed by atoms with Gasteiger partial charge < -0.3 is 10.1 Å². The Bertz CT molecular complexity index is 594. The lowest BCUT2D eigenvalue weighted by atomic mass is 10.0. The van der Waals surface area contributed by atoms with Gasteiger partial charge in [0.1, 0.15) is 0 Å². The predicted octanol–water partition coefficient (Wildman–Crippen LogP) is 1.96. The molecule has 0 saturated carbocycles. The van der Waals surface area contributed by atoms with E-state index in [1.54, 1.807) is 13.0 Å². The Labute approximate surface area is 111 Å². The first-order chi connectivity index (χ1) is 9.02. The molecular weight excluding hydrogens is 242 g/mol. The van der Waals surface area contributed by atoms with Gasteiger partial charge in [-0.3, -0.25) is 4.79 Å². The van der Waals surface area contributed by atoms with Crippen LogP contribution in [0.1, 0.15) is 18.1 Å². The van der Waals surface area contributed by atoms with E-state index >= 15 is 0 Å². The van der Waals surface area contributed by atoms with Crippen molar-refractivity contribution in [1.82, 2.24) is 5.32 Å². The number of amides is 1. The fraction of sp³-hybridized carbons (Fsp3) is 0.200. The normalized spacial score (nSPS) is 16.8. The van der Waals surface area contributed by atoms with Crippen LogP contribution in [-0.4, -0.2) is 19.0 Å². The number of methoxy groups -OCH3 is 1. The summed E-state index contributed by atoms with van der Waals surface area (Å²) in [5.74, 6) is -0.785. The van der Waals surface area contributed by atoms with Crippen molar-refractivity contribution in [1.29, 1.82) is 0 Å². The van der Waals surface area contributed by atoms with E-state index in [9.17, 15) is 9.59 Å². The molecule has 0 saturated heterocycles. The maximum Gasteiger partial charge on any atom is 0.340 e. The van der Waals surface area contributed by atoms with E-state index in [0.29, 0.717) is 16.8 Å². The summed E-state index contributed by atoms with van der Waals surface area (Å²) < 4.78 is 4.71. The number of allylic oxidation sites excluding steroid dienone is 1. The van der Waals surface area contributed by atoms with Crippen molar-refractivity contribution < 1.29 is 14.3 Å². The molecule has 2 rings (SSSR count). The number of ether oxygens (including phenoxy) is 1. The zero-order chi connectivity index (χ0) is 14.0. The number of hydrogen-bond donors (Lipinski definition) is 1. The van der Waals surface area contributed by atoms with Crippen LogP contribution < -0.4 is 5.32 Å². The Morgan fingerprint density at radius 2 is 1.84 bits per heavy atom. The van der Waals surface area contributed by atoms with Gasteiger partial charge >= 0.3 is 5.97 Å². The summed E-state index contributed by atoms with van der Waals surface area (Å²) in [7, 11) is 1.30. The first kappa shape index (κ1) is 13.1. The smallest absolute Gasteiger partial charge is 0.340 e. The van der Waals surface area contributed by atoms with Crippen molar-refractivity contribution in [3.8, 4) is 0 Å². The Balaban J connectivity index is 2.44. The molecule has 0 unspecified atom stereocenters. The standard InChI is InChI=1S/C15H15NO3/c1-9-4-6-11(7-5-9)8-12-13(15(18)19-3)10(2)16-14(12)17/h4-8H,1-3H3,(H,16,17)/b12-8-. The average molecular weight is 257 g/mol. The van der Waals surface area contributed by atoms with E-state index in [1.807, 2.05) is 31.2 Å². The van der Waals surface area contributed by atoms with Crippen LogP contribution in [0.15, 0.2) is 41.1 Å². The van der Waals surface area contributed by atoms with Crippen molar-refractivity contribution in [3.05, 3.63) is 52.2 Å². The fourth-order valence-corrected chi connectivity index (χ4v) is 1.95. The molecular formula is C15H15NO3. The molecule has 1 aromatic rings. The summed E-state index contributed by atoms with van der Waals surface area (Å²) in [5, 5.41) is 2.64. The van der Waals surface area contributed by atoms with Crippen LogP contribution in [0.5, 0.6) is 0 Å². The molecule has 0 spiro atoms. The summed E-state index contributed by atoms with van der Waals surface area (Å²) in [6, 6.07) is 7.71. The lowest BCUT2D eigenvalue weighted by Gasteiger charge is -2.02. The monoisotopic (exact) mass is 257 g/mol. The average Bonchev–Trinajstić information content (AvgIpc) is 2.66. The van der Waals surface area contributed by atoms with Gasteiger partial charge in [-0.15, -0.1) is 0 Å². The molecule has 0 aromatic heterocycles. The fourth-order valence-electron chi connectivity index (χ4n) is 1.95. The summed E-state index contributed by atoms with van der Waals surface area (Å²) in [6.07, 6.45) is 1.69. The summed E-state index contributed by atoms with van der Waals surface area (Å²) >= 11 is 0. The van der Waals surface area contributed by atoms with Gasteiger partial charge in [-0.25, -0.2) is 4.79 Å². The van der Waals surface area contributed by atoms with Gasteiger partial charge in [0.2, 0.25) is 0 Å². The minimum atomic E-state index is -0.505. The number of rotatable bonds is 2. The van der Waals surface area contributed by atoms with E-state index in [-0.39, 0.29) is 5.91 Å². The number of carbonyl (C=O) groups excluding carboxylic acids is 2. The van der Waals surface area contributed by atoms with Gasteiger partial charge in [0.15, 0.2) is 0 Å². The highest BCUT2D eigenvalue weighted by atomic mass is 16.5. The molecule has 98 valence electrons. The van der Waals surface area contributed by atoms with Gasteiger partial charge in [0.25, 0.3) is 5.91 Å². The van der Waals surface area contributed by atoms with Gasteiger partial charge in [0, 0.05) is 5.70 Å².